The molecule has 0 saturated heterocycles. The minimum absolute atomic E-state index is 0.263. The summed E-state index contributed by atoms with van der Waals surface area (Å²) < 4.78 is 35.7. The fourth-order valence-corrected chi connectivity index (χ4v) is 5.33. The van der Waals surface area contributed by atoms with Crippen LogP contribution >= 0.6 is 0 Å². The summed E-state index contributed by atoms with van der Waals surface area (Å²) in [6.07, 6.45) is 10.7. The normalized spacial score (nSPS) is 11.7. The quantitative estimate of drug-likeness (QED) is 0.187. The fourth-order valence-electron chi connectivity index (χ4n) is 5.33. The number of pyridine rings is 2. The van der Waals surface area contributed by atoms with Crippen LogP contribution in [0, 0.1) is 39.3 Å². The van der Waals surface area contributed by atoms with Crippen LogP contribution in [0.5, 0.6) is 5.75 Å². The van der Waals surface area contributed by atoms with E-state index in [1.54, 1.807) is 58.9 Å². The topological polar surface area (TPSA) is 121 Å². The number of hydrogen-bond donors (Lipinski definition) is 0. The van der Waals surface area contributed by atoms with E-state index in [0.717, 1.165) is 56.1 Å². The van der Waals surface area contributed by atoms with E-state index in [1.807, 2.05) is 52.0 Å². The Morgan fingerprint density at radius 3 is 1.80 bits per heavy atom. The first-order chi connectivity index (χ1) is 24.1. The van der Waals surface area contributed by atoms with Crippen molar-refractivity contribution in [1.82, 2.24) is 49.1 Å². The smallest absolute Gasteiger partial charge is 0.177 e. The average Bonchev–Trinajstić information content (AvgIpc) is 3.76. The highest BCUT2D eigenvalue weighted by Crippen LogP contribution is 2.26. The van der Waals surface area contributed by atoms with Gasteiger partial charge in [0.2, 0.25) is 0 Å². The molecule has 0 unspecified atom stereocenters. The zero-order valence-corrected chi connectivity index (χ0v) is 27.8. The number of methoxy groups -OCH3 is 1. The first-order valence-electron chi connectivity index (χ1n) is 15.6. The minimum Gasteiger partial charge on any atom is -0.496 e. The Balaban J connectivity index is 0.000000157. The van der Waals surface area contributed by atoms with Gasteiger partial charge in [-0.3, -0.25) is 9.97 Å². The van der Waals surface area contributed by atoms with Crippen molar-refractivity contribution < 1.29 is 13.5 Å². The van der Waals surface area contributed by atoms with Gasteiger partial charge in [0.05, 0.1) is 52.3 Å². The zero-order chi connectivity index (χ0) is 34.9. The van der Waals surface area contributed by atoms with Crippen LogP contribution in [0.4, 0.5) is 8.78 Å². The lowest BCUT2D eigenvalue weighted by Crippen LogP contribution is -1.97. The van der Waals surface area contributed by atoms with Gasteiger partial charge in [-0.2, -0.15) is 0 Å². The summed E-state index contributed by atoms with van der Waals surface area (Å²) in [6.45, 7) is 7.65. The maximum atomic E-state index is 13.5. The summed E-state index contributed by atoms with van der Waals surface area (Å²) in [5.41, 5.74) is 7.60. The molecule has 0 bridgehead atoms. The molecule has 0 N–H and O–H groups in total. The highest BCUT2D eigenvalue weighted by atomic mass is 19.1. The Kier molecular flexibility index (Phi) is 8.46. The second kappa shape index (κ2) is 13.2. The van der Waals surface area contributed by atoms with Gasteiger partial charge >= 0.3 is 0 Å². The molecule has 0 spiro atoms. The largest absolute Gasteiger partial charge is 0.496 e. The van der Waals surface area contributed by atoms with Crippen molar-refractivity contribution in [3.8, 4) is 5.75 Å². The Morgan fingerprint density at radius 2 is 1.18 bits per heavy atom. The molecule has 13 heteroatoms. The zero-order valence-electron chi connectivity index (χ0n) is 27.8. The molecule has 0 aliphatic heterocycles. The first kappa shape index (κ1) is 32.1. The number of fused-ring (bicyclic) bond motifs is 4. The molecule has 0 atom stereocenters. The number of ether oxygens (including phenoxy) is 1. The molecule has 248 valence electrons. The number of halogens is 2. The van der Waals surface area contributed by atoms with E-state index in [1.165, 1.54) is 24.3 Å². The Bertz CT molecular complexity index is 2550. The highest BCUT2D eigenvalue weighted by molar-refractivity contribution is 5.87. The van der Waals surface area contributed by atoms with Crippen LogP contribution in [0.1, 0.15) is 45.8 Å². The van der Waals surface area contributed by atoms with Gasteiger partial charge in [0.1, 0.15) is 17.4 Å². The molecule has 0 saturated carbocycles. The SMILES string of the molecule is COc1cc(/C=C/c2nc3c(C)ncc(C)n3n2)nc2cc(F)ccc12.Cc1ncc(C)n2nc(/C=C/c3ccc4cc(F)ccc4n3)nc12. The van der Waals surface area contributed by atoms with Crippen LogP contribution in [-0.4, -0.2) is 56.2 Å². The number of hydrogen-bond acceptors (Lipinski definition) is 9. The number of aryl methyl sites for hydroxylation is 4. The average molecular weight is 669 g/mol. The number of aromatic nitrogens is 10. The number of nitrogens with zero attached hydrogens (tertiary/aromatic N) is 10. The molecular weight excluding hydrogens is 638 g/mol. The molecular formula is C37H30F2N10O. The molecule has 0 aliphatic rings. The van der Waals surface area contributed by atoms with Gasteiger partial charge in [0.25, 0.3) is 0 Å². The third kappa shape index (κ3) is 6.48. The Labute approximate surface area is 284 Å². The van der Waals surface area contributed by atoms with Crippen molar-refractivity contribution in [2.75, 3.05) is 7.11 Å². The Morgan fingerprint density at radius 1 is 0.600 bits per heavy atom. The third-order valence-corrected chi connectivity index (χ3v) is 7.91. The van der Waals surface area contributed by atoms with Gasteiger partial charge in [0.15, 0.2) is 22.9 Å². The van der Waals surface area contributed by atoms with E-state index in [4.69, 9.17) is 4.74 Å². The lowest BCUT2D eigenvalue weighted by Gasteiger charge is -2.06. The van der Waals surface area contributed by atoms with Gasteiger partial charge in [-0.25, -0.2) is 37.7 Å². The fraction of sp³-hybridized carbons (Fsp3) is 0.135. The number of rotatable bonds is 5. The molecule has 50 heavy (non-hydrogen) atoms. The second-order valence-corrected chi connectivity index (χ2v) is 11.5. The minimum atomic E-state index is -0.339. The van der Waals surface area contributed by atoms with Gasteiger partial charge in [-0.15, -0.1) is 10.2 Å². The molecule has 0 aliphatic carbocycles. The van der Waals surface area contributed by atoms with Gasteiger partial charge in [-0.05, 0) is 88.4 Å². The predicted molar refractivity (Wildman–Crippen MR) is 188 cm³/mol. The standard InChI is InChI=1S/C19H16FN5O.C18H14FN5/c1-11-10-21-12(2)19-23-18(24-25(11)19)7-5-14-9-17(26-3)15-6-4-13(20)8-16(15)22-14;1-11-10-20-12(2)18-22-17(23-24(11)18)8-6-15-5-3-13-9-14(19)4-7-16(13)21-15/h4-10H,1-3H3;3-10H,1-2H3/b7-5+;8-6+. The maximum absolute atomic E-state index is 13.5. The van der Waals surface area contributed by atoms with Gasteiger partial charge in [-0.1, -0.05) is 6.07 Å². The van der Waals surface area contributed by atoms with E-state index >= 15 is 0 Å². The Hall–Kier alpha value is -6.50. The van der Waals surface area contributed by atoms with Crippen molar-refractivity contribution in [2.45, 2.75) is 27.7 Å². The van der Waals surface area contributed by atoms with E-state index in [-0.39, 0.29) is 11.6 Å². The third-order valence-electron chi connectivity index (χ3n) is 7.91. The molecule has 6 heterocycles. The summed E-state index contributed by atoms with van der Waals surface area (Å²) in [5, 5.41) is 10.5. The summed E-state index contributed by atoms with van der Waals surface area (Å²) in [4.78, 5) is 26.5. The van der Waals surface area contributed by atoms with E-state index in [9.17, 15) is 8.78 Å². The lowest BCUT2D eigenvalue weighted by molar-refractivity contribution is 0.419. The summed E-state index contributed by atoms with van der Waals surface area (Å²) in [5.74, 6) is 1.17. The molecule has 0 fully saturated rings. The van der Waals surface area contributed by atoms with Crippen LogP contribution in [0.25, 0.3) is 57.4 Å². The van der Waals surface area contributed by atoms with E-state index < -0.39 is 0 Å². The van der Waals surface area contributed by atoms with Gasteiger partial charge in [0, 0.05) is 35.3 Å². The lowest BCUT2D eigenvalue weighted by atomic mass is 10.1. The summed E-state index contributed by atoms with van der Waals surface area (Å²) in [6, 6.07) is 14.5. The monoisotopic (exact) mass is 668 g/mol. The number of benzene rings is 2. The molecule has 0 amide bonds. The van der Waals surface area contributed by atoms with Gasteiger partial charge < -0.3 is 4.74 Å². The summed E-state index contributed by atoms with van der Waals surface area (Å²) >= 11 is 0. The van der Waals surface area contributed by atoms with Crippen LogP contribution in [-0.2, 0) is 0 Å². The van der Waals surface area contributed by atoms with Crippen molar-refractivity contribution in [3.63, 3.8) is 0 Å². The van der Waals surface area contributed by atoms with E-state index in [0.29, 0.717) is 28.6 Å². The molecule has 8 rings (SSSR count). The van der Waals surface area contributed by atoms with Crippen molar-refractivity contribution in [3.05, 3.63) is 124 Å². The highest BCUT2D eigenvalue weighted by Gasteiger charge is 2.10. The first-order valence-corrected chi connectivity index (χ1v) is 15.6. The predicted octanol–water partition coefficient (Wildman–Crippen LogP) is 7.21. The molecule has 8 aromatic rings. The molecule has 6 aromatic heterocycles. The van der Waals surface area contributed by atoms with Crippen LogP contribution < -0.4 is 4.74 Å². The van der Waals surface area contributed by atoms with Crippen molar-refractivity contribution in [2.24, 2.45) is 0 Å². The van der Waals surface area contributed by atoms with Crippen LogP contribution in [0.3, 0.4) is 0 Å². The van der Waals surface area contributed by atoms with Crippen LogP contribution in [0.15, 0.2) is 67.0 Å². The molecule has 11 nitrogen and oxygen atoms in total. The maximum Gasteiger partial charge on any atom is 0.177 e. The molecule has 2 aromatic carbocycles. The van der Waals surface area contributed by atoms with Crippen molar-refractivity contribution >= 4 is 57.4 Å². The van der Waals surface area contributed by atoms with E-state index in [2.05, 4.69) is 40.1 Å². The summed E-state index contributed by atoms with van der Waals surface area (Å²) in [7, 11) is 1.58. The molecule has 0 radical (unpaired) electrons. The second-order valence-electron chi connectivity index (χ2n) is 11.5. The van der Waals surface area contributed by atoms with Crippen LogP contribution in [0.2, 0.25) is 0 Å². The van der Waals surface area contributed by atoms with Crippen molar-refractivity contribution in [1.29, 1.82) is 0 Å².